The first kappa shape index (κ1) is 14.2. The molecule has 0 spiro atoms. The Morgan fingerprint density at radius 2 is 2.06 bits per heavy atom. The van der Waals surface area contributed by atoms with E-state index in [4.69, 9.17) is 4.74 Å². The third-order valence-corrected chi connectivity index (χ3v) is 2.25. The van der Waals surface area contributed by atoms with Crippen molar-refractivity contribution in [1.29, 1.82) is 0 Å². The maximum atomic E-state index is 10.8. The van der Waals surface area contributed by atoms with E-state index in [2.05, 4.69) is 5.32 Å². The van der Waals surface area contributed by atoms with E-state index in [0.717, 1.165) is 0 Å². The lowest BCUT2D eigenvalue weighted by molar-refractivity contribution is -0.114. The third kappa shape index (κ3) is 4.97. The zero-order valence-electron chi connectivity index (χ0n) is 10.5. The van der Waals surface area contributed by atoms with Gasteiger partial charge in [0.05, 0.1) is 0 Å². The van der Waals surface area contributed by atoms with E-state index in [1.165, 1.54) is 13.8 Å². The summed E-state index contributed by atoms with van der Waals surface area (Å²) in [6, 6.07) is 6.76. The molecule has 18 heavy (non-hydrogen) atoms. The van der Waals surface area contributed by atoms with Crippen molar-refractivity contribution in [3.8, 4) is 5.75 Å². The van der Waals surface area contributed by atoms with E-state index >= 15 is 0 Å². The van der Waals surface area contributed by atoms with Gasteiger partial charge in [-0.1, -0.05) is 0 Å². The second-order valence-corrected chi connectivity index (χ2v) is 4.36. The van der Waals surface area contributed by atoms with Crippen molar-refractivity contribution in [3.63, 3.8) is 0 Å². The van der Waals surface area contributed by atoms with Gasteiger partial charge in [0, 0.05) is 19.0 Å². The van der Waals surface area contributed by atoms with Crippen LogP contribution in [0.4, 0.5) is 5.69 Å². The largest absolute Gasteiger partial charge is 0.491 e. The lowest BCUT2D eigenvalue weighted by atomic mass is 10.1. The average molecular weight is 251 g/mol. The molecule has 1 aromatic rings. The van der Waals surface area contributed by atoms with E-state index in [1.54, 1.807) is 24.3 Å². The summed E-state index contributed by atoms with van der Waals surface area (Å²) in [6.07, 6.45) is 0.681. The molecule has 1 atom stereocenters. The number of nitrogens with one attached hydrogen (secondary N) is 1. The molecule has 5 heteroatoms. The maximum Gasteiger partial charge on any atom is 0.221 e. The molecule has 0 saturated heterocycles. The second-order valence-electron chi connectivity index (χ2n) is 4.36. The zero-order valence-corrected chi connectivity index (χ0v) is 10.5. The van der Waals surface area contributed by atoms with Crippen molar-refractivity contribution in [2.75, 3.05) is 11.9 Å². The molecular formula is C13H17NO4. The highest BCUT2D eigenvalue weighted by molar-refractivity contribution is 5.88. The van der Waals surface area contributed by atoms with Crippen molar-refractivity contribution in [2.24, 2.45) is 0 Å². The van der Waals surface area contributed by atoms with E-state index in [9.17, 15) is 14.7 Å². The molecule has 2 N–H and O–H groups in total. The summed E-state index contributed by atoms with van der Waals surface area (Å²) in [5, 5.41) is 12.4. The molecular weight excluding hydrogens is 234 g/mol. The fraction of sp³-hybridized carbons (Fsp3) is 0.385. The van der Waals surface area contributed by atoms with Gasteiger partial charge in [-0.3, -0.25) is 4.79 Å². The van der Waals surface area contributed by atoms with E-state index < -0.39 is 5.60 Å². The molecule has 5 nitrogen and oxygen atoms in total. The Morgan fingerprint density at radius 3 is 2.56 bits per heavy atom. The first-order valence-electron chi connectivity index (χ1n) is 5.59. The van der Waals surface area contributed by atoms with Crippen LogP contribution in [-0.2, 0) is 9.59 Å². The average Bonchev–Trinajstić information content (AvgIpc) is 2.27. The molecule has 0 aromatic heterocycles. The monoisotopic (exact) mass is 251 g/mol. The molecule has 1 aromatic carbocycles. The summed E-state index contributed by atoms with van der Waals surface area (Å²) in [5.74, 6) is 0.424. The van der Waals surface area contributed by atoms with Gasteiger partial charge in [0.15, 0.2) is 0 Å². The molecule has 0 aliphatic rings. The van der Waals surface area contributed by atoms with Crippen molar-refractivity contribution in [1.82, 2.24) is 0 Å². The van der Waals surface area contributed by atoms with Crippen molar-refractivity contribution in [2.45, 2.75) is 25.9 Å². The summed E-state index contributed by atoms with van der Waals surface area (Å²) in [5.41, 5.74) is -0.493. The molecule has 1 amide bonds. The van der Waals surface area contributed by atoms with Crippen LogP contribution in [0.25, 0.3) is 0 Å². The Balaban J connectivity index is 2.53. The molecule has 0 unspecified atom stereocenters. The first-order valence-corrected chi connectivity index (χ1v) is 5.59. The van der Waals surface area contributed by atoms with Crippen LogP contribution in [0.15, 0.2) is 24.3 Å². The quantitative estimate of drug-likeness (QED) is 0.749. The van der Waals surface area contributed by atoms with E-state index in [0.29, 0.717) is 17.7 Å². The van der Waals surface area contributed by atoms with Crippen LogP contribution in [-0.4, -0.2) is 29.5 Å². The number of aldehydes is 1. The Labute approximate surface area is 106 Å². The Hall–Kier alpha value is -1.88. The van der Waals surface area contributed by atoms with Crippen molar-refractivity contribution < 1.29 is 19.4 Å². The Morgan fingerprint density at radius 1 is 1.44 bits per heavy atom. The van der Waals surface area contributed by atoms with E-state index in [1.807, 2.05) is 0 Å². The van der Waals surface area contributed by atoms with E-state index in [-0.39, 0.29) is 18.9 Å². The standard InChI is InChI=1S/C13H17NO4/c1-10(16)14-11-3-5-12(6-4-11)18-9-13(2,17)7-8-15/h3-6,8,17H,7,9H2,1-2H3,(H,14,16)/t13-/m0/s1. The number of hydrogen-bond donors (Lipinski definition) is 2. The molecule has 1 rings (SSSR count). The maximum absolute atomic E-state index is 10.8. The number of benzene rings is 1. The molecule has 0 radical (unpaired) electrons. The number of carbonyl (C=O) groups is 2. The van der Waals surface area contributed by atoms with Crippen LogP contribution in [0, 0.1) is 0 Å². The van der Waals surface area contributed by atoms with Crippen LogP contribution in [0.5, 0.6) is 5.75 Å². The Kier molecular flexibility index (Phi) is 4.85. The molecule has 0 heterocycles. The second kappa shape index (κ2) is 6.16. The number of aliphatic hydroxyl groups is 1. The molecule has 0 bridgehead atoms. The highest BCUT2D eigenvalue weighted by Gasteiger charge is 2.20. The number of rotatable bonds is 6. The fourth-order valence-electron chi connectivity index (χ4n) is 1.32. The molecule has 0 fully saturated rings. The minimum absolute atomic E-state index is 0.0248. The number of carbonyl (C=O) groups excluding carboxylic acids is 2. The van der Waals surface area contributed by atoms with Crippen LogP contribution in [0.3, 0.4) is 0 Å². The van der Waals surface area contributed by atoms with Crippen molar-refractivity contribution >= 4 is 17.9 Å². The minimum atomic E-state index is -1.17. The molecule has 98 valence electrons. The van der Waals surface area contributed by atoms with Gasteiger partial charge >= 0.3 is 0 Å². The predicted octanol–water partition coefficient (Wildman–Crippen LogP) is 1.36. The van der Waals surface area contributed by atoms with Gasteiger partial charge in [-0.15, -0.1) is 0 Å². The first-order chi connectivity index (χ1) is 8.43. The Bertz CT molecular complexity index is 412. The predicted molar refractivity (Wildman–Crippen MR) is 67.5 cm³/mol. The van der Waals surface area contributed by atoms with Gasteiger partial charge < -0.3 is 20.0 Å². The number of amides is 1. The summed E-state index contributed by atoms with van der Waals surface area (Å²) >= 11 is 0. The van der Waals surface area contributed by atoms with Crippen LogP contribution in [0.2, 0.25) is 0 Å². The summed E-state index contributed by atoms with van der Waals surface area (Å²) in [6.45, 7) is 3.00. The number of anilines is 1. The van der Waals surface area contributed by atoms with Gasteiger partial charge in [-0.2, -0.15) is 0 Å². The zero-order chi connectivity index (χ0) is 13.6. The van der Waals surface area contributed by atoms with Crippen LogP contribution < -0.4 is 10.1 Å². The van der Waals surface area contributed by atoms with Gasteiger partial charge in [-0.05, 0) is 31.2 Å². The van der Waals surface area contributed by atoms with Gasteiger partial charge in [-0.25, -0.2) is 0 Å². The van der Waals surface area contributed by atoms with Crippen LogP contribution in [0.1, 0.15) is 20.3 Å². The lowest BCUT2D eigenvalue weighted by Gasteiger charge is -2.20. The van der Waals surface area contributed by atoms with Gasteiger partial charge in [0.1, 0.15) is 24.2 Å². The summed E-state index contributed by atoms with van der Waals surface area (Å²) in [7, 11) is 0. The molecule has 0 aliphatic heterocycles. The lowest BCUT2D eigenvalue weighted by Crippen LogP contribution is -2.32. The molecule has 0 aliphatic carbocycles. The SMILES string of the molecule is CC(=O)Nc1ccc(OC[C@@](C)(O)CC=O)cc1. The van der Waals surface area contributed by atoms with Gasteiger partial charge in [0.25, 0.3) is 0 Å². The van der Waals surface area contributed by atoms with Crippen molar-refractivity contribution in [3.05, 3.63) is 24.3 Å². The summed E-state index contributed by atoms with van der Waals surface area (Å²) in [4.78, 5) is 21.1. The fourth-order valence-corrected chi connectivity index (χ4v) is 1.32. The smallest absolute Gasteiger partial charge is 0.221 e. The third-order valence-electron chi connectivity index (χ3n) is 2.25. The minimum Gasteiger partial charge on any atom is -0.491 e. The number of ether oxygens (including phenoxy) is 1. The molecule has 0 saturated carbocycles. The highest BCUT2D eigenvalue weighted by Crippen LogP contribution is 2.17. The van der Waals surface area contributed by atoms with Crippen LogP contribution >= 0.6 is 0 Å². The number of hydrogen-bond acceptors (Lipinski definition) is 4. The normalized spacial score (nSPS) is 13.5. The highest BCUT2D eigenvalue weighted by atomic mass is 16.5. The topological polar surface area (TPSA) is 75.6 Å². The van der Waals surface area contributed by atoms with Gasteiger partial charge in [0.2, 0.25) is 5.91 Å². The summed E-state index contributed by atoms with van der Waals surface area (Å²) < 4.78 is 5.36.